The number of hydrogen-bond acceptors (Lipinski definition) is 2. The van der Waals surface area contributed by atoms with Crippen LogP contribution in [0.1, 0.15) is 16.8 Å². The molecule has 2 rings (SSSR count). The van der Waals surface area contributed by atoms with Crippen molar-refractivity contribution in [1.29, 1.82) is 0 Å². The van der Waals surface area contributed by atoms with Crippen molar-refractivity contribution >= 4 is 27.8 Å². The maximum absolute atomic E-state index is 13.6. The second-order valence-corrected chi connectivity index (χ2v) is 5.24. The molecule has 1 fully saturated rings. The number of carboxylic acid groups (broad SMARTS) is 1. The van der Waals surface area contributed by atoms with Gasteiger partial charge < -0.3 is 10.0 Å². The van der Waals surface area contributed by atoms with Crippen LogP contribution in [0.25, 0.3) is 0 Å². The summed E-state index contributed by atoms with van der Waals surface area (Å²) in [6.45, 7) is 0.161. The molecule has 1 atom stereocenters. The largest absolute Gasteiger partial charge is 0.481 e. The molecule has 0 radical (unpaired) electrons. The van der Waals surface area contributed by atoms with Gasteiger partial charge in [-0.3, -0.25) is 9.59 Å². The first-order valence-corrected chi connectivity index (χ1v) is 6.36. The van der Waals surface area contributed by atoms with Gasteiger partial charge in [-0.05, 0) is 18.6 Å². The van der Waals surface area contributed by atoms with Crippen molar-refractivity contribution in [3.63, 3.8) is 0 Å². The molecule has 1 aromatic rings. The average Bonchev–Trinajstić information content (AvgIpc) is 2.76. The lowest BCUT2D eigenvalue weighted by molar-refractivity contribution is -0.141. The highest BCUT2D eigenvalue weighted by Crippen LogP contribution is 2.24. The average molecular weight is 334 g/mol. The fraction of sp³-hybridized carbons (Fsp3) is 0.333. The van der Waals surface area contributed by atoms with E-state index in [1.165, 1.54) is 0 Å². The van der Waals surface area contributed by atoms with Crippen molar-refractivity contribution in [2.75, 3.05) is 13.1 Å². The van der Waals surface area contributed by atoms with Gasteiger partial charge in [-0.2, -0.15) is 0 Å². The van der Waals surface area contributed by atoms with Crippen LogP contribution in [0, 0.1) is 17.6 Å². The quantitative estimate of drug-likeness (QED) is 0.903. The van der Waals surface area contributed by atoms with Crippen LogP contribution in [0.2, 0.25) is 0 Å². The summed E-state index contributed by atoms with van der Waals surface area (Å²) in [4.78, 5) is 24.0. The number of carbonyl (C=O) groups excluding carboxylic acids is 1. The van der Waals surface area contributed by atoms with Crippen molar-refractivity contribution in [1.82, 2.24) is 4.90 Å². The third kappa shape index (κ3) is 2.75. The number of benzene rings is 1. The Morgan fingerprint density at radius 1 is 1.32 bits per heavy atom. The van der Waals surface area contributed by atoms with E-state index in [0.29, 0.717) is 6.42 Å². The lowest BCUT2D eigenvalue weighted by Gasteiger charge is -2.16. The maximum atomic E-state index is 13.6. The number of nitrogens with zero attached hydrogens (tertiary/aromatic N) is 1. The maximum Gasteiger partial charge on any atom is 0.308 e. The summed E-state index contributed by atoms with van der Waals surface area (Å²) < 4.78 is 27.5. The molecule has 7 heteroatoms. The van der Waals surface area contributed by atoms with Crippen LogP contribution in [-0.4, -0.2) is 35.0 Å². The number of carbonyl (C=O) groups is 2. The van der Waals surface area contributed by atoms with Crippen LogP contribution >= 0.6 is 15.9 Å². The number of carboxylic acids is 1. The second-order valence-electron chi connectivity index (χ2n) is 4.32. The Balaban J connectivity index is 2.24. The van der Waals surface area contributed by atoms with Gasteiger partial charge in [-0.25, -0.2) is 8.78 Å². The Labute approximate surface area is 116 Å². The zero-order valence-electron chi connectivity index (χ0n) is 9.70. The first-order chi connectivity index (χ1) is 8.90. The molecule has 0 bridgehead atoms. The van der Waals surface area contributed by atoms with Gasteiger partial charge in [0.15, 0.2) is 0 Å². The van der Waals surface area contributed by atoms with Crippen molar-refractivity contribution in [3.05, 3.63) is 33.8 Å². The van der Waals surface area contributed by atoms with E-state index in [9.17, 15) is 18.4 Å². The molecular weight excluding hydrogens is 324 g/mol. The van der Waals surface area contributed by atoms with E-state index >= 15 is 0 Å². The Bertz CT molecular complexity index is 527. The fourth-order valence-corrected chi connectivity index (χ4v) is 2.45. The second kappa shape index (κ2) is 5.24. The lowest BCUT2D eigenvalue weighted by atomic mass is 10.1. The first-order valence-electron chi connectivity index (χ1n) is 5.56. The van der Waals surface area contributed by atoms with Gasteiger partial charge in [0, 0.05) is 17.6 Å². The molecule has 1 aliphatic rings. The molecule has 0 aliphatic carbocycles. The molecule has 1 heterocycles. The third-order valence-electron chi connectivity index (χ3n) is 3.05. The van der Waals surface area contributed by atoms with E-state index in [1.807, 2.05) is 0 Å². The molecule has 102 valence electrons. The van der Waals surface area contributed by atoms with Crippen molar-refractivity contribution < 1.29 is 23.5 Å². The Kier molecular flexibility index (Phi) is 3.84. The van der Waals surface area contributed by atoms with Gasteiger partial charge in [-0.1, -0.05) is 15.9 Å². The van der Waals surface area contributed by atoms with E-state index in [1.54, 1.807) is 0 Å². The SMILES string of the molecule is O=C(O)C1CCN(C(=O)c2c(F)cc(Br)cc2F)C1. The number of amides is 1. The summed E-state index contributed by atoms with van der Waals surface area (Å²) in [6.07, 6.45) is 0.292. The van der Waals surface area contributed by atoms with E-state index in [-0.39, 0.29) is 17.6 Å². The Morgan fingerprint density at radius 2 is 1.89 bits per heavy atom. The topological polar surface area (TPSA) is 57.6 Å². The van der Waals surface area contributed by atoms with Crippen LogP contribution in [0.5, 0.6) is 0 Å². The summed E-state index contributed by atoms with van der Waals surface area (Å²) in [5.41, 5.74) is -0.644. The minimum atomic E-state index is -1.01. The van der Waals surface area contributed by atoms with Gasteiger partial charge in [0.2, 0.25) is 0 Å². The molecule has 1 N–H and O–H groups in total. The highest BCUT2D eigenvalue weighted by Gasteiger charge is 2.33. The van der Waals surface area contributed by atoms with Gasteiger partial charge in [0.1, 0.15) is 17.2 Å². The number of likely N-dealkylation sites (tertiary alicyclic amines) is 1. The normalized spacial score (nSPS) is 18.7. The van der Waals surface area contributed by atoms with Crippen LogP contribution in [0.15, 0.2) is 16.6 Å². The molecule has 19 heavy (non-hydrogen) atoms. The fourth-order valence-electron chi connectivity index (χ4n) is 2.05. The van der Waals surface area contributed by atoms with E-state index < -0.39 is 35.0 Å². The van der Waals surface area contributed by atoms with E-state index in [2.05, 4.69) is 15.9 Å². The Morgan fingerprint density at radius 3 is 2.37 bits per heavy atom. The van der Waals surface area contributed by atoms with Crippen molar-refractivity contribution in [2.45, 2.75) is 6.42 Å². The molecular formula is C12H10BrF2NO3. The van der Waals surface area contributed by atoms with E-state index in [4.69, 9.17) is 5.11 Å². The van der Waals surface area contributed by atoms with Gasteiger partial charge in [0.25, 0.3) is 5.91 Å². The molecule has 1 aromatic carbocycles. The van der Waals surface area contributed by atoms with Gasteiger partial charge in [0.05, 0.1) is 5.92 Å². The summed E-state index contributed by atoms with van der Waals surface area (Å²) >= 11 is 2.93. The summed E-state index contributed by atoms with van der Waals surface area (Å²) in [6, 6.07) is 2.00. The summed E-state index contributed by atoms with van der Waals surface area (Å²) in [5.74, 6) is -4.42. The van der Waals surface area contributed by atoms with Gasteiger partial charge in [-0.15, -0.1) is 0 Å². The van der Waals surface area contributed by atoms with Crippen LogP contribution in [0.3, 0.4) is 0 Å². The number of halogens is 3. The smallest absolute Gasteiger partial charge is 0.308 e. The molecule has 0 aromatic heterocycles. The predicted octanol–water partition coefficient (Wildman–Crippen LogP) is 2.27. The van der Waals surface area contributed by atoms with E-state index in [0.717, 1.165) is 17.0 Å². The molecule has 1 amide bonds. The zero-order chi connectivity index (χ0) is 14.2. The zero-order valence-corrected chi connectivity index (χ0v) is 11.3. The van der Waals surface area contributed by atoms with Gasteiger partial charge >= 0.3 is 5.97 Å². The minimum absolute atomic E-state index is 0.0247. The minimum Gasteiger partial charge on any atom is -0.481 e. The molecule has 1 saturated heterocycles. The van der Waals surface area contributed by atoms with Crippen molar-refractivity contribution in [2.24, 2.45) is 5.92 Å². The molecule has 1 aliphatic heterocycles. The Hall–Kier alpha value is -1.50. The highest BCUT2D eigenvalue weighted by atomic mass is 79.9. The van der Waals surface area contributed by atoms with Crippen molar-refractivity contribution in [3.8, 4) is 0 Å². The highest BCUT2D eigenvalue weighted by molar-refractivity contribution is 9.10. The number of hydrogen-bond donors (Lipinski definition) is 1. The lowest BCUT2D eigenvalue weighted by Crippen LogP contribution is -2.31. The number of aliphatic carboxylic acids is 1. The predicted molar refractivity (Wildman–Crippen MR) is 65.7 cm³/mol. The first kappa shape index (κ1) is 13.9. The molecule has 4 nitrogen and oxygen atoms in total. The standard InChI is InChI=1S/C12H10BrF2NO3/c13-7-3-8(14)10(9(15)4-7)11(17)16-2-1-6(5-16)12(18)19/h3-4,6H,1-2,5H2,(H,18,19). The van der Waals surface area contributed by atoms with Crippen LogP contribution in [0.4, 0.5) is 8.78 Å². The molecule has 1 unspecified atom stereocenters. The summed E-state index contributed by atoms with van der Waals surface area (Å²) in [5, 5.41) is 8.84. The van der Waals surface area contributed by atoms with Crippen LogP contribution < -0.4 is 0 Å². The third-order valence-corrected chi connectivity index (χ3v) is 3.50. The van der Waals surface area contributed by atoms with Crippen LogP contribution in [-0.2, 0) is 4.79 Å². The molecule has 0 saturated carbocycles. The summed E-state index contributed by atoms with van der Waals surface area (Å²) in [7, 11) is 0. The number of rotatable bonds is 2. The monoisotopic (exact) mass is 333 g/mol. The molecule has 0 spiro atoms.